The summed E-state index contributed by atoms with van der Waals surface area (Å²) in [6.07, 6.45) is 0. The zero-order valence-electron chi connectivity index (χ0n) is 10.0. The number of hydrogen-bond donors (Lipinski definition) is 1. The van der Waals surface area contributed by atoms with Gasteiger partial charge in [-0.3, -0.25) is 4.79 Å². The number of anilines is 1. The Morgan fingerprint density at radius 2 is 1.89 bits per heavy atom. The quantitative estimate of drug-likeness (QED) is 0.834. The average molecular weight is 343 g/mol. The normalized spacial score (nSPS) is 10.3. The topological polar surface area (TPSA) is 29.1 Å². The van der Waals surface area contributed by atoms with Crippen molar-refractivity contribution in [2.75, 3.05) is 5.32 Å². The summed E-state index contributed by atoms with van der Waals surface area (Å²) in [5.74, 6) is -0.697. The van der Waals surface area contributed by atoms with E-state index in [1.807, 2.05) is 13.0 Å². The van der Waals surface area contributed by atoms with Crippen LogP contribution in [0.5, 0.6) is 0 Å². The zero-order valence-corrected chi connectivity index (χ0v) is 12.3. The van der Waals surface area contributed by atoms with E-state index in [1.54, 1.807) is 6.07 Å². The van der Waals surface area contributed by atoms with Gasteiger partial charge in [0.15, 0.2) is 0 Å². The molecule has 2 aromatic rings. The predicted octanol–water partition coefficient (Wildman–Crippen LogP) is 4.80. The molecule has 0 bridgehead atoms. The molecule has 98 valence electrons. The Kier molecular flexibility index (Phi) is 4.22. The van der Waals surface area contributed by atoms with Crippen molar-refractivity contribution < 1.29 is 9.18 Å². The van der Waals surface area contributed by atoms with Crippen LogP contribution in [0.2, 0.25) is 5.02 Å². The van der Waals surface area contributed by atoms with Gasteiger partial charge in [0.25, 0.3) is 5.91 Å². The number of aryl methyl sites for hydroxylation is 1. The molecule has 0 heterocycles. The number of halogens is 3. The van der Waals surface area contributed by atoms with Gasteiger partial charge in [-0.25, -0.2) is 4.39 Å². The third kappa shape index (κ3) is 3.33. The molecule has 1 N–H and O–H groups in total. The highest BCUT2D eigenvalue weighted by Crippen LogP contribution is 2.29. The summed E-state index contributed by atoms with van der Waals surface area (Å²) in [5.41, 5.74) is 1.86. The number of carbonyl (C=O) groups excluding carboxylic acids is 1. The van der Waals surface area contributed by atoms with E-state index in [9.17, 15) is 9.18 Å². The molecule has 0 atom stereocenters. The largest absolute Gasteiger partial charge is 0.321 e. The van der Waals surface area contributed by atoms with Crippen molar-refractivity contribution in [3.8, 4) is 0 Å². The number of nitrogens with one attached hydrogen (secondary N) is 1. The average Bonchev–Trinajstić information content (AvgIpc) is 2.36. The maximum atomic E-state index is 12.8. The standard InChI is InChI=1S/C14H10BrClFNO/c1-8-6-11(15)13(7-12(8)16)18-14(19)9-2-4-10(17)5-3-9/h2-7H,1H3,(H,18,19). The number of benzene rings is 2. The molecule has 19 heavy (non-hydrogen) atoms. The molecule has 0 fully saturated rings. The fourth-order valence-corrected chi connectivity index (χ4v) is 2.26. The first kappa shape index (κ1) is 14.0. The molecule has 0 aliphatic rings. The van der Waals surface area contributed by atoms with Crippen LogP contribution >= 0.6 is 27.5 Å². The molecular weight excluding hydrogens is 333 g/mol. The van der Waals surface area contributed by atoms with Gasteiger partial charge in [-0.15, -0.1) is 0 Å². The van der Waals surface area contributed by atoms with E-state index in [0.29, 0.717) is 16.3 Å². The molecule has 2 aromatic carbocycles. The second-order valence-corrected chi connectivity index (χ2v) is 5.30. The lowest BCUT2D eigenvalue weighted by Gasteiger charge is -2.09. The van der Waals surface area contributed by atoms with Crippen LogP contribution in [0.3, 0.4) is 0 Å². The van der Waals surface area contributed by atoms with Crippen molar-refractivity contribution in [3.63, 3.8) is 0 Å². The molecule has 0 saturated carbocycles. The fraction of sp³-hybridized carbons (Fsp3) is 0.0714. The Bertz CT molecular complexity index is 628. The minimum absolute atomic E-state index is 0.319. The number of carbonyl (C=O) groups is 1. The van der Waals surface area contributed by atoms with Crippen molar-refractivity contribution in [2.45, 2.75) is 6.92 Å². The summed E-state index contributed by atoms with van der Waals surface area (Å²) in [4.78, 5) is 12.0. The summed E-state index contributed by atoms with van der Waals surface area (Å²) in [5, 5.41) is 3.29. The minimum atomic E-state index is -0.379. The number of rotatable bonds is 2. The van der Waals surface area contributed by atoms with Crippen LogP contribution in [0.1, 0.15) is 15.9 Å². The number of hydrogen-bond acceptors (Lipinski definition) is 1. The van der Waals surface area contributed by atoms with Crippen LogP contribution in [-0.4, -0.2) is 5.91 Å². The molecular formula is C14H10BrClFNO. The van der Waals surface area contributed by atoms with Crippen LogP contribution in [-0.2, 0) is 0 Å². The predicted molar refractivity (Wildman–Crippen MR) is 78.2 cm³/mol. The highest BCUT2D eigenvalue weighted by Gasteiger charge is 2.10. The summed E-state index contributed by atoms with van der Waals surface area (Å²) in [7, 11) is 0. The molecule has 0 aliphatic heterocycles. The van der Waals surface area contributed by atoms with E-state index >= 15 is 0 Å². The monoisotopic (exact) mass is 341 g/mol. The lowest BCUT2D eigenvalue weighted by molar-refractivity contribution is 0.102. The fourth-order valence-electron chi connectivity index (χ4n) is 1.54. The van der Waals surface area contributed by atoms with Gasteiger partial charge in [0.2, 0.25) is 0 Å². The maximum Gasteiger partial charge on any atom is 0.255 e. The third-order valence-corrected chi connectivity index (χ3v) is 3.67. The Morgan fingerprint density at radius 3 is 2.53 bits per heavy atom. The Balaban J connectivity index is 2.24. The molecule has 0 radical (unpaired) electrons. The second-order valence-electron chi connectivity index (χ2n) is 4.04. The SMILES string of the molecule is Cc1cc(Br)c(NC(=O)c2ccc(F)cc2)cc1Cl. The van der Waals surface area contributed by atoms with Gasteiger partial charge in [-0.1, -0.05) is 11.6 Å². The molecule has 2 nitrogen and oxygen atoms in total. The van der Waals surface area contributed by atoms with Crippen molar-refractivity contribution >= 4 is 39.1 Å². The molecule has 1 amide bonds. The first-order valence-electron chi connectivity index (χ1n) is 5.50. The Labute approximate surface area is 123 Å². The minimum Gasteiger partial charge on any atom is -0.321 e. The first-order chi connectivity index (χ1) is 8.97. The zero-order chi connectivity index (χ0) is 14.0. The van der Waals surface area contributed by atoms with E-state index < -0.39 is 0 Å². The van der Waals surface area contributed by atoms with Crippen molar-refractivity contribution in [1.29, 1.82) is 0 Å². The summed E-state index contributed by atoms with van der Waals surface area (Å²) < 4.78 is 13.5. The maximum absolute atomic E-state index is 12.8. The van der Waals surface area contributed by atoms with E-state index in [-0.39, 0.29) is 11.7 Å². The van der Waals surface area contributed by atoms with Crippen LogP contribution in [0, 0.1) is 12.7 Å². The Hall–Kier alpha value is -1.39. The van der Waals surface area contributed by atoms with Crippen molar-refractivity contribution in [2.24, 2.45) is 0 Å². The van der Waals surface area contributed by atoms with Gasteiger partial charge in [0.1, 0.15) is 5.82 Å². The molecule has 0 unspecified atom stereocenters. The van der Waals surface area contributed by atoms with Gasteiger partial charge in [0, 0.05) is 15.1 Å². The summed E-state index contributed by atoms with van der Waals surface area (Å²) in [6, 6.07) is 8.83. The smallest absolute Gasteiger partial charge is 0.255 e. The van der Waals surface area contributed by atoms with Gasteiger partial charge in [-0.2, -0.15) is 0 Å². The summed E-state index contributed by atoms with van der Waals surface area (Å²) >= 11 is 9.37. The molecule has 0 aliphatic carbocycles. The van der Waals surface area contributed by atoms with E-state index in [0.717, 1.165) is 10.0 Å². The van der Waals surface area contributed by atoms with Crippen LogP contribution in [0.4, 0.5) is 10.1 Å². The van der Waals surface area contributed by atoms with Crippen LogP contribution in [0.15, 0.2) is 40.9 Å². The van der Waals surface area contributed by atoms with Crippen molar-refractivity contribution in [1.82, 2.24) is 0 Å². The van der Waals surface area contributed by atoms with E-state index in [2.05, 4.69) is 21.2 Å². The van der Waals surface area contributed by atoms with E-state index in [4.69, 9.17) is 11.6 Å². The molecule has 2 rings (SSSR count). The van der Waals surface area contributed by atoms with Crippen LogP contribution < -0.4 is 5.32 Å². The van der Waals surface area contributed by atoms with E-state index in [1.165, 1.54) is 24.3 Å². The lowest BCUT2D eigenvalue weighted by atomic mass is 10.2. The second kappa shape index (κ2) is 5.72. The number of amides is 1. The molecule has 0 aromatic heterocycles. The molecule has 5 heteroatoms. The first-order valence-corrected chi connectivity index (χ1v) is 6.67. The van der Waals surface area contributed by atoms with Gasteiger partial charge in [-0.05, 0) is 64.8 Å². The van der Waals surface area contributed by atoms with Gasteiger partial charge < -0.3 is 5.32 Å². The van der Waals surface area contributed by atoms with Gasteiger partial charge in [0.05, 0.1) is 5.69 Å². The van der Waals surface area contributed by atoms with Gasteiger partial charge >= 0.3 is 0 Å². The molecule has 0 spiro atoms. The Morgan fingerprint density at radius 1 is 1.26 bits per heavy atom. The third-order valence-electron chi connectivity index (χ3n) is 2.60. The molecule has 0 saturated heterocycles. The van der Waals surface area contributed by atoms with Crippen molar-refractivity contribution in [3.05, 3.63) is 62.8 Å². The summed E-state index contributed by atoms with van der Waals surface area (Å²) in [6.45, 7) is 1.87. The van der Waals surface area contributed by atoms with Crippen LogP contribution in [0.25, 0.3) is 0 Å². The highest BCUT2D eigenvalue weighted by molar-refractivity contribution is 9.10. The lowest BCUT2D eigenvalue weighted by Crippen LogP contribution is -2.12. The highest BCUT2D eigenvalue weighted by atomic mass is 79.9.